The van der Waals surface area contributed by atoms with Crippen molar-refractivity contribution in [2.75, 3.05) is 19.6 Å². The molecule has 0 spiro atoms. The lowest BCUT2D eigenvalue weighted by molar-refractivity contribution is -0.0643. The predicted molar refractivity (Wildman–Crippen MR) is 125 cm³/mol. The molecule has 6 nitrogen and oxygen atoms in total. The second kappa shape index (κ2) is 10.5. The molecule has 1 amide bonds. The minimum absolute atomic E-state index is 0. The Morgan fingerprint density at radius 1 is 1.22 bits per heavy atom. The number of piperidine rings is 3. The molecule has 176 valence electrons. The van der Waals surface area contributed by atoms with E-state index in [-0.39, 0.29) is 43.1 Å². The van der Waals surface area contributed by atoms with Crippen LogP contribution in [0.25, 0.3) is 0 Å². The molecule has 1 aromatic heterocycles. The summed E-state index contributed by atoms with van der Waals surface area (Å²) in [4.78, 5) is 22.0. The van der Waals surface area contributed by atoms with Crippen LogP contribution in [0, 0.1) is 17.7 Å². The molecule has 2 N–H and O–H groups in total. The van der Waals surface area contributed by atoms with E-state index in [0.29, 0.717) is 42.0 Å². The summed E-state index contributed by atoms with van der Waals surface area (Å²) >= 11 is 0. The second-order valence-corrected chi connectivity index (χ2v) is 9.00. The third-order valence-electron chi connectivity index (χ3n) is 7.19. The van der Waals surface area contributed by atoms with Crippen molar-refractivity contribution >= 4 is 30.7 Å². The van der Waals surface area contributed by atoms with Crippen molar-refractivity contribution in [1.29, 1.82) is 0 Å². The Morgan fingerprint density at radius 3 is 2.78 bits per heavy atom. The SMILES string of the molecule is Cl.Cl.NCc1nc(C(=O)N2C[C@H]3C[C@@H](C2)[C@H](Cc2cccc(F)c2)N2CCCC[C@@H]32)co1. The van der Waals surface area contributed by atoms with Gasteiger partial charge >= 0.3 is 0 Å². The molecule has 3 aliphatic rings. The van der Waals surface area contributed by atoms with Crippen LogP contribution in [0.15, 0.2) is 34.9 Å². The summed E-state index contributed by atoms with van der Waals surface area (Å²) in [5, 5.41) is 0. The number of benzene rings is 1. The molecule has 1 aromatic carbocycles. The number of rotatable bonds is 4. The lowest BCUT2D eigenvalue weighted by Crippen LogP contribution is -2.64. The van der Waals surface area contributed by atoms with E-state index < -0.39 is 0 Å². The Labute approximate surface area is 200 Å². The molecule has 0 radical (unpaired) electrons. The molecule has 0 saturated carbocycles. The highest BCUT2D eigenvalue weighted by Crippen LogP contribution is 2.42. The Hall–Kier alpha value is -1.67. The van der Waals surface area contributed by atoms with Crippen LogP contribution in [0.1, 0.15) is 47.6 Å². The number of oxazole rings is 1. The smallest absolute Gasteiger partial charge is 0.275 e. The number of amides is 1. The third kappa shape index (κ3) is 4.81. The topological polar surface area (TPSA) is 75.6 Å². The number of nitrogens with zero attached hydrogens (tertiary/aromatic N) is 3. The van der Waals surface area contributed by atoms with Crippen LogP contribution < -0.4 is 5.73 Å². The summed E-state index contributed by atoms with van der Waals surface area (Å²) in [5.74, 6) is 1.00. The molecule has 32 heavy (non-hydrogen) atoms. The fraction of sp³-hybridized carbons (Fsp3) is 0.565. The van der Waals surface area contributed by atoms with Crippen molar-refractivity contribution in [1.82, 2.24) is 14.8 Å². The minimum atomic E-state index is -0.182. The highest BCUT2D eigenvalue weighted by atomic mass is 35.5. The van der Waals surface area contributed by atoms with Gasteiger partial charge in [-0.05, 0) is 61.8 Å². The average molecular weight is 485 g/mol. The fourth-order valence-corrected chi connectivity index (χ4v) is 5.92. The van der Waals surface area contributed by atoms with Crippen LogP contribution in [0.5, 0.6) is 0 Å². The third-order valence-corrected chi connectivity index (χ3v) is 7.19. The van der Waals surface area contributed by atoms with E-state index in [1.54, 1.807) is 12.1 Å². The zero-order valence-corrected chi connectivity index (χ0v) is 19.6. The Kier molecular flexibility index (Phi) is 8.20. The number of halogens is 3. The number of likely N-dealkylation sites (tertiary alicyclic amines) is 1. The molecule has 3 saturated heterocycles. The van der Waals surface area contributed by atoms with Crippen LogP contribution >= 0.6 is 24.8 Å². The van der Waals surface area contributed by atoms with Crippen LogP contribution in [0.3, 0.4) is 0 Å². The summed E-state index contributed by atoms with van der Waals surface area (Å²) in [6.07, 6.45) is 7.03. The number of aromatic nitrogens is 1. The summed E-state index contributed by atoms with van der Waals surface area (Å²) in [7, 11) is 0. The van der Waals surface area contributed by atoms with Gasteiger partial charge in [0.1, 0.15) is 12.1 Å². The Morgan fingerprint density at radius 2 is 2.03 bits per heavy atom. The zero-order chi connectivity index (χ0) is 20.7. The molecule has 5 rings (SSSR count). The minimum Gasteiger partial charge on any atom is -0.447 e. The van der Waals surface area contributed by atoms with Crippen molar-refractivity contribution in [3.05, 3.63) is 53.5 Å². The predicted octanol–water partition coefficient (Wildman–Crippen LogP) is 3.67. The molecule has 3 aliphatic heterocycles. The number of fused-ring (bicyclic) bond motifs is 4. The summed E-state index contributed by atoms with van der Waals surface area (Å²) in [6, 6.07) is 7.80. The standard InChI is InChI=1S/C23H29FN4O2.2ClH/c24-18-5-3-4-15(8-18)9-21-17-10-16(20-6-1-2-7-28(20)21)12-27(13-17)23(29)19-14-30-22(11-25)26-19;;/h3-5,8,14,16-17,20-21H,1-2,6-7,9-13,25H2;2*1H/t16-,17+,20+,21+;;/m1../s1. The molecule has 2 aromatic rings. The van der Waals surface area contributed by atoms with Gasteiger partial charge in [-0.25, -0.2) is 9.37 Å². The summed E-state index contributed by atoms with van der Waals surface area (Å²) in [5.41, 5.74) is 6.96. The number of hydrogen-bond donors (Lipinski definition) is 1. The molecular weight excluding hydrogens is 454 g/mol. The largest absolute Gasteiger partial charge is 0.447 e. The Bertz CT molecular complexity index is 927. The van der Waals surface area contributed by atoms with Crippen LogP contribution in [0.4, 0.5) is 4.39 Å². The van der Waals surface area contributed by atoms with Crippen molar-refractivity contribution in [3.63, 3.8) is 0 Å². The molecular formula is C23H31Cl2FN4O2. The lowest BCUT2D eigenvalue weighted by atomic mass is 9.71. The van der Waals surface area contributed by atoms with Gasteiger partial charge in [0.2, 0.25) is 5.89 Å². The van der Waals surface area contributed by atoms with E-state index in [9.17, 15) is 9.18 Å². The number of hydrogen-bond acceptors (Lipinski definition) is 5. The summed E-state index contributed by atoms with van der Waals surface area (Å²) < 4.78 is 19.1. The maximum atomic E-state index is 13.8. The van der Waals surface area contributed by atoms with Crippen molar-refractivity contribution in [2.24, 2.45) is 17.6 Å². The quantitative estimate of drug-likeness (QED) is 0.716. The monoisotopic (exact) mass is 484 g/mol. The van der Waals surface area contributed by atoms with Gasteiger partial charge in [0.15, 0.2) is 5.69 Å². The van der Waals surface area contributed by atoms with Gasteiger partial charge in [0.25, 0.3) is 5.91 Å². The second-order valence-electron chi connectivity index (χ2n) is 9.00. The molecule has 2 bridgehead atoms. The maximum Gasteiger partial charge on any atom is 0.275 e. The Balaban J connectivity index is 0.00000144. The fourth-order valence-electron chi connectivity index (χ4n) is 5.92. The zero-order valence-electron chi connectivity index (χ0n) is 18.0. The van der Waals surface area contributed by atoms with Crippen LogP contribution in [0.2, 0.25) is 0 Å². The average Bonchev–Trinajstić information content (AvgIpc) is 3.25. The van der Waals surface area contributed by atoms with Gasteiger partial charge in [-0.3, -0.25) is 9.69 Å². The first-order chi connectivity index (χ1) is 14.6. The number of nitrogens with two attached hydrogens (primary N) is 1. The first-order valence-corrected chi connectivity index (χ1v) is 11.1. The van der Waals surface area contributed by atoms with Crippen molar-refractivity contribution < 1.29 is 13.6 Å². The van der Waals surface area contributed by atoms with Gasteiger partial charge in [-0.1, -0.05) is 18.6 Å². The van der Waals surface area contributed by atoms with Crippen molar-refractivity contribution in [3.8, 4) is 0 Å². The summed E-state index contributed by atoms with van der Waals surface area (Å²) in [6.45, 7) is 2.78. The molecule has 0 aliphatic carbocycles. The van der Waals surface area contributed by atoms with Gasteiger partial charge in [-0.2, -0.15) is 0 Å². The molecule has 4 atom stereocenters. The lowest BCUT2D eigenvalue weighted by Gasteiger charge is -2.57. The van der Waals surface area contributed by atoms with Gasteiger partial charge in [0, 0.05) is 25.2 Å². The van der Waals surface area contributed by atoms with E-state index >= 15 is 0 Å². The van der Waals surface area contributed by atoms with E-state index in [1.165, 1.54) is 31.6 Å². The van der Waals surface area contributed by atoms with Crippen LogP contribution in [-0.4, -0.2) is 52.4 Å². The number of carbonyl (C=O) groups is 1. The molecule has 4 heterocycles. The van der Waals surface area contributed by atoms with Gasteiger partial charge in [-0.15, -0.1) is 24.8 Å². The first kappa shape index (κ1) is 25.0. The van der Waals surface area contributed by atoms with Crippen molar-refractivity contribution in [2.45, 2.75) is 50.7 Å². The normalized spacial score (nSPS) is 27.1. The highest BCUT2D eigenvalue weighted by molar-refractivity contribution is 5.92. The van der Waals surface area contributed by atoms with Gasteiger partial charge < -0.3 is 15.1 Å². The molecule has 3 fully saturated rings. The van der Waals surface area contributed by atoms with E-state index in [0.717, 1.165) is 31.5 Å². The van der Waals surface area contributed by atoms with Crippen LogP contribution in [-0.2, 0) is 13.0 Å². The van der Waals surface area contributed by atoms with Gasteiger partial charge in [0.05, 0.1) is 6.54 Å². The highest BCUT2D eigenvalue weighted by Gasteiger charge is 2.48. The maximum absolute atomic E-state index is 13.8. The van der Waals surface area contributed by atoms with E-state index in [1.807, 2.05) is 11.0 Å². The molecule has 9 heteroatoms. The van der Waals surface area contributed by atoms with E-state index in [4.69, 9.17) is 10.2 Å². The number of carbonyl (C=O) groups excluding carboxylic acids is 1. The van der Waals surface area contributed by atoms with E-state index in [2.05, 4.69) is 9.88 Å². The first-order valence-electron chi connectivity index (χ1n) is 11.1. The molecule has 0 unspecified atom stereocenters.